The third-order valence-corrected chi connectivity index (χ3v) is 31.7. The summed E-state index contributed by atoms with van der Waals surface area (Å²) in [6.45, 7) is 0. The van der Waals surface area contributed by atoms with Crippen LogP contribution >= 0.6 is 45.3 Å². The monoisotopic (exact) mass is 1920 g/mol. The Morgan fingerprint density at radius 2 is 0.396 bits per heavy atom. The van der Waals surface area contributed by atoms with Gasteiger partial charge in [-0.1, -0.05) is 285 Å². The second kappa shape index (κ2) is 37.7. The normalized spacial score (nSPS) is 11.5. The number of benzene rings is 22. The van der Waals surface area contributed by atoms with Crippen LogP contribution in [-0.4, -0.2) is 0 Å². The van der Waals surface area contributed by atoms with Gasteiger partial charge in [0.15, 0.2) is 5.58 Å². The molecule has 144 heavy (non-hydrogen) atoms. The Morgan fingerprint density at radius 1 is 0.132 bits per heavy atom. The average molecular weight is 1920 g/mol. The molecule has 0 unspecified atom stereocenters. The largest absolute Gasteiger partial charge is 0.456 e. The minimum Gasteiger partial charge on any atom is -0.456 e. The number of hydrogen-bond donors (Lipinski definition) is 0. The molecule has 0 aliphatic heterocycles. The van der Waals surface area contributed by atoms with E-state index in [-0.39, 0.29) is 0 Å². The summed E-state index contributed by atoms with van der Waals surface area (Å²) in [5.74, 6) is 0. The summed E-state index contributed by atoms with van der Waals surface area (Å²) in [7, 11) is 0. The summed E-state index contributed by atoms with van der Waals surface area (Å²) < 4.78 is 23.1. The lowest BCUT2D eigenvalue weighted by Gasteiger charge is -2.26. The van der Waals surface area contributed by atoms with E-state index >= 15 is 0 Å². The van der Waals surface area contributed by atoms with Crippen LogP contribution < -0.4 is 29.4 Å². The predicted octanol–water partition coefficient (Wildman–Crippen LogP) is 40.8. The van der Waals surface area contributed by atoms with Crippen LogP contribution in [0, 0.1) is 0 Å². The van der Waals surface area contributed by atoms with Gasteiger partial charge in [-0.05, 0) is 254 Å². The van der Waals surface area contributed by atoms with Gasteiger partial charge in [0.05, 0.1) is 16.1 Å². The lowest BCUT2D eigenvalue weighted by Crippen LogP contribution is -2.10. The van der Waals surface area contributed by atoms with Gasteiger partial charge in [-0.25, -0.2) is 0 Å². The van der Waals surface area contributed by atoms with Gasteiger partial charge in [0.25, 0.3) is 0 Å². The van der Waals surface area contributed by atoms with Crippen LogP contribution in [-0.2, 0) is 0 Å². The smallest absolute Gasteiger partial charge is 0.159 e. The molecule has 22 aromatic carbocycles. The Bertz CT molecular complexity index is 9440. The van der Waals surface area contributed by atoms with Crippen molar-refractivity contribution < 1.29 is 8.83 Å². The molecule has 8 nitrogen and oxygen atoms in total. The number of thiophene rings is 4. The molecule has 0 radical (unpaired) electrons. The Balaban J connectivity index is 0.000000110. The van der Waals surface area contributed by atoms with Crippen LogP contribution in [0.15, 0.2) is 543 Å². The van der Waals surface area contributed by atoms with Crippen molar-refractivity contribution in [2.45, 2.75) is 0 Å². The first-order valence-electron chi connectivity index (χ1n) is 48.4. The van der Waals surface area contributed by atoms with E-state index in [1.54, 1.807) is 0 Å². The van der Waals surface area contributed by atoms with E-state index in [9.17, 15) is 0 Å². The summed E-state index contributed by atoms with van der Waals surface area (Å²) in [5.41, 5.74) is 26.1. The van der Waals surface area contributed by atoms with Gasteiger partial charge >= 0.3 is 0 Å². The van der Waals surface area contributed by atoms with Gasteiger partial charge < -0.3 is 38.2 Å². The molecule has 0 fully saturated rings. The zero-order valence-electron chi connectivity index (χ0n) is 77.9. The fourth-order valence-corrected chi connectivity index (χ4v) is 25.0. The highest BCUT2D eigenvalue weighted by Gasteiger charge is 2.27. The Morgan fingerprint density at radius 3 is 0.826 bits per heavy atom. The van der Waals surface area contributed by atoms with Crippen LogP contribution in [0.5, 0.6) is 0 Å². The lowest BCUT2D eigenvalue weighted by atomic mass is 10.0. The fraction of sp³-hybridized carbons (Fsp3) is 0. The lowest BCUT2D eigenvalue weighted by molar-refractivity contribution is 0.668. The van der Waals surface area contributed by atoms with E-state index in [1.165, 1.54) is 97.5 Å². The molecular formula is C132H88N6O2S4. The van der Waals surface area contributed by atoms with Crippen molar-refractivity contribution in [3.05, 3.63) is 534 Å². The first-order valence-corrected chi connectivity index (χ1v) is 51.6. The van der Waals surface area contributed by atoms with E-state index < -0.39 is 0 Å². The van der Waals surface area contributed by atoms with E-state index in [0.717, 1.165) is 141 Å². The van der Waals surface area contributed by atoms with Crippen molar-refractivity contribution in [2.24, 2.45) is 0 Å². The van der Waals surface area contributed by atoms with E-state index in [1.807, 2.05) is 69.6 Å². The summed E-state index contributed by atoms with van der Waals surface area (Å²) in [6, 6.07) is 190. The maximum atomic E-state index is 6.60. The third kappa shape index (κ3) is 16.3. The topological polar surface area (TPSA) is 45.7 Å². The van der Waals surface area contributed by atoms with Crippen molar-refractivity contribution >= 4 is 272 Å². The summed E-state index contributed by atoms with van der Waals surface area (Å²) >= 11 is 7.40. The zero-order chi connectivity index (χ0) is 95.3. The SMILES string of the molecule is c1ccc(-c2ccc(N(c3ccc4c(c3)sc3ccc(N(c5ccccc5)c5ccccc5)cc34)c3cccc4c3oc3ccccc34)cc2)cc1.c1ccc(N(c2ccc3c(c2)oc2ccccc23)c2ccc3c(c2)sc2ccc(N(c4ccccc4)c4ccccc4)cc23)cc1.c1ccc(N(c2ccccc2)c2ccc3sc4cc(N(c5ccccc5)c5cccc6c5sc5ccccc56)ccc4c3c2)cc1. The Hall–Kier alpha value is -17.9. The van der Waals surface area contributed by atoms with Crippen LogP contribution in [0.25, 0.3) is 136 Å². The van der Waals surface area contributed by atoms with Crippen LogP contribution in [0.4, 0.5) is 102 Å². The number of rotatable bonds is 19. The minimum absolute atomic E-state index is 0.874. The minimum atomic E-state index is 0.874. The van der Waals surface area contributed by atoms with Crippen LogP contribution in [0.2, 0.25) is 0 Å². The summed E-state index contributed by atoms with van der Waals surface area (Å²) in [6.07, 6.45) is 0. The zero-order valence-corrected chi connectivity index (χ0v) is 81.2. The molecule has 12 heteroatoms. The quantitative estimate of drug-likeness (QED) is 0.0794. The Kier molecular flexibility index (Phi) is 22.6. The molecule has 28 aromatic rings. The van der Waals surface area contributed by atoms with Gasteiger partial charge in [0.2, 0.25) is 0 Å². The number of anilines is 18. The third-order valence-electron chi connectivity index (χ3n) is 27.1. The summed E-state index contributed by atoms with van der Waals surface area (Å²) in [5, 5.41) is 14.7. The van der Waals surface area contributed by atoms with E-state index in [0.29, 0.717) is 0 Å². The molecule has 0 N–H and O–H groups in total. The number of nitrogens with zero attached hydrogens (tertiary/aromatic N) is 6. The number of furan rings is 2. The first kappa shape index (κ1) is 86.5. The molecule has 0 atom stereocenters. The van der Waals surface area contributed by atoms with Gasteiger partial charge in [-0.2, -0.15) is 0 Å². The summed E-state index contributed by atoms with van der Waals surface area (Å²) in [4.78, 5) is 14.0. The van der Waals surface area contributed by atoms with Gasteiger partial charge in [0.1, 0.15) is 16.7 Å². The molecule has 0 spiro atoms. The van der Waals surface area contributed by atoms with E-state index in [2.05, 4.69) is 539 Å². The molecule has 28 rings (SSSR count). The highest BCUT2D eigenvalue weighted by Crippen LogP contribution is 2.53. The highest BCUT2D eigenvalue weighted by molar-refractivity contribution is 7.27. The molecule has 0 aliphatic carbocycles. The molecule has 0 aliphatic rings. The van der Waals surface area contributed by atoms with E-state index in [4.69, 9.17) is 8.83 Å². The van der Waals surface area contributed by atoms with Crippen molar-refractivity contribution in [1.82, 2.24) is 0 Å². The van der Waals surface area contributed by atoms with Gasteiger partial charge in [0, 0.05) is 195 Å². The molecular weight excluding hydrogens is 1830 g/mol. The molecule has 0 amide bonds. The fourth-order valence-electron chi connectivity index (χ4n) is 20.5. The van der Waals surface area contributed by atoms with Crippen molar-refractivity contribution in [1.29, 1.82) is 0 Å². The maximum absolute atomic E-state index is 6.60. The molecule has 0 saturated heterocycles. The van der Waals surface area contributed by atoms with Crippen molar-refractivity contribution in [3.63, 3.8) is 0 Å². The molecule has 0 bridgehead atoms. The standard InChI is InChI=1S/C48H32N2OS.C42H28N2OS.C42H28N2S2/c1-4-13-33(14-5-1)34-23-25-37(26-24-34)50(44-21-12-20-42-40-19-10-11-22-45(40)51-48(42)44)39-27-29-41-43-31-38(28-30-46(43)52-47(41)32-39)49(35-15-6-2-7-16-35)36-17-8-3-9-18-36;1-4-12-29(13-5-1)43(30-14-6-2-7-15-30)32-22-25-41-38(26-32)37-24-21-34(28-42(37)46-41)44(31-16-8-3-9-17-31)33-20-23-36-35-18-10-11-19-39(35)45-40(36)27-33;1-4-13-29(14-5-1)43(30-15-6-2-7-16-30)32-24-26-40-37(27-32)35-25-23-33(28-41(35)45-40)44(31-17-8-3-9-18-31)38-21-12-20-36-34-19-10-11-22-39(34)46-42(36)38/h1-32H;2*1-28H. The van der Waals surface area contributed by atoms with Crippen molar-refractivity contribution in [3.8, 4) is 11.1 Å². The average Bonchev–Trinajstić information content (AvgIpc) is 1.57. The molecule has 0 saturated carbocycles. The van der Waals surface area contributed by atoms with Crippen LogP contribution in [0.3, 0.4) is 0 Å². The molecule has 6 heterocycles. The van der Waals surface area contributed by atoms with Gasteiger partial charge in [-0.3, -0.25) is 0 Å². The predicted molar refractivity (Wildman–Crippen MR) is 619 cm³/mol. The Labute approximate surface area is 848 Å². The number of para-hydroxylation sites is 11. The number of fused-ring (bicyclic) bond motifs is 18. The van der Waals surface area contributed by atoms with Crippen molar-refractivity contribution in [2.75, 3.05) is 29.4 Å². The second-order valence-electron chi connectivity index (χ2n) is 35.8. The highest BCUT2D eigenvalue weighted by atomic mass is 32.1. The maximum Gasteiger partial charge on any atom is 0.159 e. The van der Waals surface area contributed by atoms with Crippen LogP contribution in [0.1, 0.15) is 0 Å². The van der Waals surface area contributed by atoms with Gasteiger partial charge in [-0.15, -0.1) is 45.3 Å². The molecule has 682 valence electrons. The number of hydrogen-bond acceptors (Lipinski definition) is 12. The molecule has 6 aromatic heterocycles. The first-order chi connectivity index (χ1) is 71.4. The second-order valence-corrected chi connectivity index (χ2v) is 40.1.